The molecule has 1 aliphatic heterocycles. The molecular weight excluding hydrogens is 300 g/mol. The lowest BCUT2D eigenvalue weighted by Crippen LogP contribution is -2.64. The highest BCUT2D eigenvalue weighted by Gasteiger charge is 2.57. The zero-order valence-corrected chi connectivity index (χ0v) is 14.6. The van der Waals surface area contributed by atoms with Crippen LogP contribution in [0.4, 0.5) is 0 Å². The minimum absolute atomic E-state index is 0.0828. The molecule has 2 saturated carbocycles. The number of nitrogens with zero attached hydrogens (tertiary/aromatic N) is 1. The molecule has 4 aliphatic rings. The first kappa shape index (κ1) is 15.9. The topological polar surface area (TPSA) is 70.0 Å². The predicted octanol–water partition coefficient (Wildman–Crippen LogP) is 3.14. The Balaban J connectivity index is 1.68. The molecule has 1 heterocycles. The number of piperidine rings is 1. The zero-order valence-electron chi connectivity index (χ0n) is 14.6. The number of hydrogen-bond acceptors (Lipinski definition) is 3. The summed E-state index contributed by atoms with van der Waals surface area (Å²) >= 11 is 0. The van der Waals surface area contributed by atoms with Crippen LogP contribution in [-0.4, -0.2) is 17.2 Å². The van der Waals surface area contributed by atoms with Crippen molar-refractivity contribution in [2.24, 2.45) is 29.1 Å². The van der Waals surface area contributed by atoms with Crippen LogP contribution in [0.2, 0.25) is 0 Å². The monoisotopic (exact) mass is 326 g/mol. The van der Waals surface area contributed by atoms with E-state index in [1.807, 2.05) is 6.08 Å². The lowest BCUT2D eigenvalue weighted by atomic mass is 9.47. The van der Waals surface area contributed by atoms with Crippen LogP contribution in [0.15, 0.2) is 11.6 Å². The molecule has 24 heavy (non-hydrogen) atoms. The van der Waals surface area contributed by atoms with Crippen molar-refractivity contribution < 1.29 is 9.59 Å². The van der Waals surface area contributed by atoms with E-state index in [1.54, 1.807) is 0 Å². The van der Waals surface area contributed by atoms with Crippen molar-refractivity contribution >= 4 is 11.7 Å². The third kappa shape index (κ3) is 2.10. The van der Waals surface area contributed by atoms with Crippen LogP contribution in [0.3, 0.4) is 0 Å². The molecule has 4 rings (SSSR count). The number of amides is 1. The maximum absolute atomic E-state index is 12.2. The summed E-state index contributed by atoms with van der Waals surface area (Å²) in [4.78, 5) is 24.0. The van der Waals surface area contributed by atoms with Gasteiger partial charge in [0, 0.05) is 12.0 Å². The molecule has 1 N–H and O–H groups in total. The summed E-state index contributed by atoms with van der Waals surface area (Å²) in [5.74, 6) is 1.22. The fourth-order valence-electron chi connectivity index (χ4n) is 6.31. The highest BCUT2D eigenvalue weighted by molar-refractivity contribution is 5.91. The van der Waals surface area contributed by atoms with Crippen molar-refractivity contribution in [2.75, 3.05) is 0 Å². The summed E-state index contributed by atoms with van der Waals surface area (Å²) < 4.78 is 0. The molecule has 0 aromatic carbocycles. The molecule has 128 valence electrons. The number of ketones is 1. The second kappa shape index (κ2) is 5.18. The van der Waals surface area contributed by atoms with E-state index in [-0.39, 0.29) is 22.6 Å². The standard InChI is InChI=1S/C20H26N2O2/c1-19-7-5-14(23)10-13(19)3-4-15-16(19)6-8-20(2)17(15)9-12(11-21)18(24)22-20/h10,12,15-17H,3-9H2,1-2H3,(H,22,24)/t12-,15+,16+,17-,19-,20-/m1/s1. The van der Waals surface area contributed by atoms with Crippen LogP contribution in [0.25, 0.3) is 0 Å². The molecule has 0 radical (unpaired) electrons. The average molecular weight is 326 g/mol. The summed E-state index contributed by atoms with van der Waals surface area (Å²) in [5, 5.41) is 12.5. The SMILES string of the molecule is C[C@@]12CC[C@H]3[C@H](CCC4=CC(=O)CC[C@]43C)[C@H]1C[C@H](C#N)C(=O)N2. The predicted molar refractivity (Wildman–Crippen MR) is 89.6 cm³/mol. The number of nitriles is 1. The molecule has 0 bridgehead atoms. The fourth-order valence-corrected chi connectivity index (χ4v) is 6.31. The average Bonchev–Trinajstić information content (AvgIpc) is 2.54. The van der Waals surface area contributed by atoms with Gasteiger partial charge in [-0.25, -0.2) is 0 Å². The van der Waals surface area contributed by atoms with Crippen LogP contribution in [0.5, 0.6) is 0 Å². The molecule has 0 unspecified atom stereocenters. The minimum atomic E-state index is -0.500. The summed E-state index contributed by atoms with van der Waals surface area (Å²) in [6, 6.07) is 2.20. The van der Waals surface area contributed by atoms with Crippen LogP contribution >= 0.6 is 0 Å². The van der Waals surface area contributed by atoms with Gasteiger partial charge in [0.2, 0.25) is 5.91 Å². The van der Waals surface area contributed by atoms with Crippen LogP contribution in [0, 0.1) is 40.4 Å². The molecule has 3 aliphatic carbocycles. The maximum Gasteiger partial charge on any atom is 0.237 e. The van der Waals surface area contributed by atoms with E-state index in [0.29, 0.717) is 30.6 Å². The first-order valence-corrected chi connectivity index (χ1v) is 9.33. The molecule has 6 atom stereocenters. The number of allylic oxidation sites excluding steroid dienone is 2. The van der Waals surface area contributed by atoms with Crippen molar-refractivity contribution in [3.63, 3.8) is 0 Å². The lowest BCUT2D eigenvalue weighted by molar-refractivity contribution is -0.136. The Labute approximate surface area is 143 Å². The number of nitrogens with one attached hydrogen (secondary N) is 1. The Morgan fingerprint density at radius 1 is 1.17 bits per heavy atom. The second-order valence-electron chi connectivity index (χ2n) is 8.83. The van der Waals surface area contributed by atoms with E-state index in [9.17, 15) is 14.9 Å². The largest absolute Gasteiger partial charge is 0.350 e. The van der Waals surface area contributed by atoms with Crippen molar-refractivity contribution in [3.05, 3.63) is 11.6 Å². The molecule has 3 fully saturated rings. The van der Waals surface area contributed by atoms with Gasteiger partial charge in [-0.1, -0.05) is 12.5 Å². The molecule has 0 aromatic heterocycles. The van der Waals surface area contributed by atoms with Gasteiger partial charge in [-0.3, -0.25) is 9.59 Å². The van der Waals surface area contributed by atoms with Gasteiger partial charge in [0.25, 0.3) is 0 Å². The number of carbonyl (C=O) groups excluding carboxylic acids is 2. The number of hydrogen-bond donors (Lipinski definition) is 1. The smallest absolute Gasteiger partial charge is 0.237 e. The Hall–Kier alpha value is -1.63. The third-order valence-electron chi connectivity index (χ3n) is 7.72. The first-order valence-electron chi connectivity index (χ1n) is 9.33. The van der Waals surface area contributed by atoms with Crippen LogP contribution in [0.1, 0.15) is 58.8 Å². The van der Waals surface area contributed by atoms with Gasteiger partial charge >= 0.3 is 0 Å². The number of carbonyl (C=O) groups is 2. The normalized spacial score (nSPS) is 47.5. The Kier molecular flexibility index (Phi) is 3.43. The summed E-state index contributed by atoms with van der Waals surface area (Å²) in [5.41, 5.74) is 1.34. The van der Waals surface area contributed by atoms with Gasteiger partial charge in [0.15, 0.2) is 5.78 Å². The van der Waals surface area contributed by atoms with Gasteiger partial charge in [-0.15, -0.1) is 0 Å². The van der Waals surface area contributed by atoms with Gasteiger partial charge < -0.3 is 5.32 Å². The highest BCUT2D eigenvalue weighted by Crippen LogP contribution is 2.61. The molecule has 1 amide bonds. The number of rotatable bonds is 0. The maximum atomic E-state index is 12.2. The van der Waals surface area contributed by atoms with Gasteiger partial charge in [-0.05, 0) is 74.7 Å². The van der Waals surface area contributed by atoms with Crippen LogP contribution in [-0.2, 0) is 9.59 Å². The Bertz CT molecular complexity index is 676. The van der Waals surface area contributed by atoms with E-state index in [4.69, 9.17) is 0 Å². The Morgan fingerprint density at radius 2 is 1.96 bits per heavy atom. The molecular formula is C20H26N2O2. The first-order chi connectivity index (χ1) is 11.4. The van der Waals surface area contributed by atoms with Gasteiger partial charge in [0.1, 0.15) is 5.92 Å². The number of fused-ring (bicyclic) bond motifs is 5. The van der Waals surface area contributed by atoms with E-state index < -0.39 is 5.92 Å². The zero-order chi connectivity index (χ0) is 17.1. The quantitative estimate of drug-likeness (QED) is 0.743. The fraction of sp³-hybridized carbons (Fsp3) is 0.750. The van der Waals surface area contributed by atoms with Crippen molar-refractivity contribution in [1.29, 1.82) is 5.26 Å². The molecule has 0 spiro atoms. The molecule has 4 heteroatoms. The molecule has 1 saturated heterocycles. The van der Waals surface area contributed by atoms with E-state index in [0.717, 1.165) is 32.1 Å². The minimum Gasteiger partial charge on any atom is -0.350 e. The van der Waals surface area contributed by atoms with Gasteiger partial charge in [0.05, 0.1) is 6.07 Å². The van der Waals surface area contributed by atoms with Crippen molar-refractivity contribution in [3.8, 4) is 6.07 Å². The van der Waals surface area contributed by atoms with Crippen molar-refractivity contribution in [1.82, 2.24) is 5.32 Å². The molecule has 0 aromatic rings. The summed E-state index contributed by atoms with van der Waals surface area (Å²) in [6.45, 7) is 4.53. The lowest BCUT2D eigenvalue weighted by Gasteiger charge is -2.60. The third-order valence-corrected chi connectivity index (χ3v) is 7.72. The summed E-state index contributed by atoms with van der Waals surface area (Å²) in [6.07, 6.45) is 8.45. The van der Waals surface area contributed by atoms with Gasteiger partial charge in [-0.2, -0.15) is 5.26 Å². The molecule has 4 nitrogen and oxygen atoms in total. The summed E-state index contributed by atoms with van der Waals surface area (Å²) in [7, 11) is 0. The van der Waals surface area contributed by atoms with E-state index in [2.05, 4.69) is 25.2 Å². The van der Waals surface area contributed by atoms with Crippen molar-refractivity contribution in [2.45, 2.75) is 64.3 Å². The van der Waals surface area contributed by atoms with E-state index >= 15 is 0 Å². The second-order valence-corrected chi connectivity index (χ2v) is 8.83. The Morgan fingerprint density at radius 3 is 2.71 bits per heavy atom. The van der Waals surface area contributed by atoms with E-state index in [1.165, 1.54) is 5.57 Å². The highest BCUT2D eigenvalue weighted by atomic mass is 16.2. The van der Waals surface area contributed by atoms with Crippen LogP contribution < -0.4 is 5.32 Å².